The molecule has 1 radical (unpaired) electrons. The van der Waals surface area contributed by atoms with Crippen LogP contribution in [0.15, 0.2) is 29.3 Å². The van der Waals surface area contributed by atoms with Crippen LogP contribution in [0.3, 0.4) is 0 Å². The molecule has 0 saturated heterocycles. The van der Waals surface area contributed by atoms with Gasteiger partial charge in [-0.2, -0.15) is 0 Å². The minimum Gasteiger partial charge on any atom is -0.350 e. The molecule has 2 rings (SSSR count). The first-order chi connectivity index (χ1) is 5.90. The van der Waals surface area contributed by atoms with E-state index in [0.717, 1.165) is 11.4 Å². The number of benzene rings is 1. The number of ether oxygens (including phenoxy) is 1. The summed E-state index contributed by atoms with van der Waals surface area (Å²) in [7, 11) is 1.61. The van der Waals surface area contributed by atoms with Crippen molar-refractivity contribution >= 4 is 17.6 Å². The summed E-state index contributed by atoms with van der Waals surface area (Å²) in [6.07, 6.45) is 2.34. The molecule has 0 aliphatic carbocycles. The van der Waals surface area contributed by atoms with E-state index in [0.29, 0.717) is 6.23 Å². The molecule has 1 heterocycles. The quantitative estimate of drug-likeness (QED) is 0.683. The molecule has 1 aromatic rings. The Bertz CT molecular complexity index is 309. The Morgan fingerprint density at radius 1 is 1.33 bits per heavy atom. The van der Waals surface area contributed by atoms with Gasteiger partial charge in [-0.1, -0.05) is 12.1 Å². The fraction of sp³-hybridized carbons (Fsp3) is 0.111. The summed E-state index contributed by atoms with van der Waals surface area (Å²) in [5.74, 6) is 0. The number of rotatable bonds is 1. The summed E-state index contributed by atoms with van der Waals surface area (Å²) >= 11 is 0. The lowest BCUT2D eigenvalue weighted by atomic mass is 10.2. The molecule has 0 fully saturated rings. The molecule has 3 heteroatoms. The van der Waals surface area contributed by atoms with Gasteiger partial charge in [0.05, 0.1) is 17.6 Å². The Hall–Kier alpha value is -1.35. The third-order valence-corrected chi connectivity index (χ3v) is 1.70. The molecule has 1 aliphatic heterocycles. The lowest BCUT2D eigenvalue weighted by Crippen LogP contribution is -2.16. The van der Waals surface area contributed by atoms with E-state index in [1.165, 1.54) is 0 Å². The zero-order valence-corrected chi connectivity index (χ0v) is 6.74. The molecule has 0 unspecified atom stereocenters. The molecule has 1 N–H and O–H groups in total. The fourth-order valence-electron chi connectivity index (χ4n) is 1.09. The summed E-state index contributed by atoms with van der Waals surface area (Å²) in [4.78, 5) is 4.20. The van der Waals surface area contributed by atoms with Gasteiger partial charge in [0.15, 0.2) is 0 Å². The molecule has 0 aromatic heterocycles. The maximum absolute atomic E-state index is 5.00. The van der Waals surface area contributed by atoms with Crippen molar-refractivity contribution in [3.8, 4) is 0 Å². The Morgan fingerprint density at radius 2 is 2.17 bits per heavy atom. The second kappa shape index (κ2) is 2.95. The number of methoxy groups -OCH3 is 1. The van der Waals surface area contributed by atoms with Gasteiger partial charge in [0, 0.05) is 7.11 Å². The molecule has 0 saturated carbocycles. The third kappa shape index (κ3) is 1.19. The van der Waals surface area contributed by atoms with Crippen LogP contribution in [0.4, 0.5) is 11.4 Å². The molecule has 12 heavy (non-hydrogen) atoms. The zero-order valence-electron chi connectivity index (χ0n) is 6.74. The first-order valence-electron chi connectivity index (χ1n) is 3.71. The fourth-order valence-corrected chi connectivity index (χ4v) is 1.09. The molecule has 0 atom stereocenters. The molecule has 0 bridgehead atoms. The monoisotopic (exact) mass is 161 g/mol. The number of anilines is 1. The molecule has 1 aromatic carbocycles. The Balaban J connectivity index is 2.33. The molecular formula is C9H9N2O. The predicted octanol–water partition coefficient (Wildman–Crippen LogP) is 1.95. The van der Waals surface area contributed by atoms with E-state index in [-0.39, 0.29) is 0 Å². The van der Waals surface area contributed by atoms with Gasteiger partial charge in [-0.05, 0) is 12.1 Å². The van der Waals surface area contributed by atoms with E-state index in [4.69, 9.17) is 4.74 Å². The van der Waals surface area contributed by atoms with Gasteiger partial charge in [0.25, 0.3) is 0 Å². The van der Waals surface area contributed by atoms with Crippen molar-refractivity contribution in [2.75, 3.05) is 12.4 Å². The molecular weight excluding hydrogens is 152 g/mol. The summed E-state index contributed by atoms with van der Waals surface area (Å²) in [6.45, 7) is 0. The first kappa shape index (κ1) is 7.31. The Morgan fingerprint density at radius 3 is 3.00 bits per heavy atom. The van der Waals surface area contributed by atoms with Crippen LogP contribution in [0.5, 0.6) is 0 Å². The number of nitrogens with zero attached hydrogens (tertiary/aromatic N) is 1. The number of hydrogen-bond acceptors (Lipinski definition) is 3. The molecule has 3 nitrogen and oxygen atoms in total. The van der Waals surface area contributed by atoms with Crippen LogP contribution in [0.2, 0.25) is 0 Å². The lowest BCUT2D eigenvalue weighted by molar-refractivity contribution is 0.259. The van der Waals surface area contributed by atoms with E-state index in [1.54, 1.807) is 13.3 Å². The van der Waals surface area contributed by atoms with Gasteiger partial charge in [0.1, 0.15) is 0 Å². The van der Waals surface area contributed by atoms with E-state index in [1.807, 2.05) is 24.3 Å². The van der Waals surface area contributed by atoms with Crippen LogP contribution < -0.4 is 5.32 Å². The summed E-state index contributed by atoms with van der Waals surface area (Å²) in [5, 5.41) is 3.09. The molecule has 0 amide bonds. The summed E-state index contributed by atoms with van der Waals surface area (Å²) in [5.41, 5.74) is 1.93. The topological polar surface area (TPSA) is 33.6 Å². The number of aliphatic imine (C=N–C) groups is 1. The normalized spacial score (nSPS) is 15.4. The predicted molar refractivity (Wildman–Crippen MR) is 48.5 cm³/mol. The minimum absolute atomic E-state index is 0.675. The standard InChI is InChI=1S/C9H9N2O/c1-12-9-6-10-7-4-2-3-5-8(7)11-9/h2-6,11H,1H3. The van der Waals surface area contributed by atoms with Crippen LogP contribution in [0.1, 0.15) is 0 Å². The zero-order chi connectivity index (χ0) is 8.39. The van der Waals surface area contributed by atoms with Crippen LogP contribution in [-0.4, -0.2) is 13.3 Å². The van der Waals surface area contributed by atoms with Crippen molar-refractivity contribution in [2.45, 2.75) is 0 Å². The molecule has 61 valence electrons. The number of fused-ring (bicyclic) bond motifs is 1. The van der Waals surface area contributed by atoms with Crippen molar-refractivity contribution < 1.29 is 4.74 Å². The smallest absolute Gasteiger partial charge is 0.229 e. The van der Waals surface area contributed by atoms with Crippen molar-refractivity contribution in [1.82, 2.24) is 0 Å². The van der Waals surface area contributed by atoms with Crippen LogP contribution in [0.25, 0.3) is 0 Å². The summed E-state index contributed by atoms with van der Waals surface area (Å²) < 4.78 is 5.00. The van der Waals surface area contributed by atoms with Crippen LogP contribution >= 0.6 is 0 Å². The largest absolute Gasteiger partial charge is 0.350 e. The number of hydrogen-bond donors (Lipinski definition) is 1. The van der Waals surface area contributed by atoms with E-state index in [2.05, 4.69) is 10.3 Å². The second-order valence-corrected chi connectivity index (χ2v) is 2.47. The first-order valence-corrected chi connectivity index (χ1v) is 3.71. The van der Waals surface area contributed by atoms with E-state index < -0.39 is 0 Å². The van der Waals surface area contributed by atoms with Gasteiger partial charge < -0.3 is 10.1 Å². The van der Waals surface area contributed by atoms with E-state index in [9.17, 15) is 0 Å². The molecule has 1 aliphatic rings. The highest BCUT2D eigenvalue weighted by atomic mass is 16.5. The second-order valence-electron chi connectivity index (χ2n) is 2.47. The average molecular weight is 161 g/mol. The maximum atomic E-state index is 5.00. The van der Waals surface area contributed by atoms with Gasteiger partial charge in [0.2, 0.25) is 6.23 Å². The van der Waals surface area contributed by atoms with Crippen molar-refractivity contribution in [1.29, 1.82) is 0 Å². The van der Waals surface area contributed by atoms with Gasteiger partial charge in [-0.3, -0.25) is 4.99 Å². The van der Waals surface area contributed by atoms with Crippen LogP contribution in [-0.2, 0) is 4.74 Å². The maximum Gasteiger partial charge on any atom is 0.229 e. The average Bonchev–Trinajstić information content (AvgIpc) is 2.17. The van der Waals surface area contributed by atoms with E-state index >= 15 is 0 Å². The Labute approximate surface area is 71.1 Å². The highest BCUT2D eigenvalue weighted by Gasteiger charge is 2.12. The molecule has 0 spiro atoms. The van der Waals surface area contributed by atoms with Gasteiger partial charge in [-0.25, -0.2) is 0 Å². The van der Waals surface area contributed by atoms with Crippen molar-refractivity contribution in [3.05, 3.63) is 30.5 Å². The SMILES string of the molecule is CO[C]1C=Nc2ccccc2N1. The Kier molecular flexibility index (Phi) is 1.80. The number of nitrogens with one attached hydrogen (secondary N) is 1. The van der Waals surface area contributed by atoms with Gasteiger partial charge in [-0.15, -0.1) is 0 Å². The summed E-state index contributed by atoms with van der Waals surface area (Å²) in [6, 6.07) is 7.83. The van der Waals surface area contributed by atoms with Crippen LogP contribution in [0, 0.1) is 6.23 Å². The van der Waals surface area contributed by atoms with Crippen molar-refractivity contribution in [3.63, 3.8) is 0 Å². The van der Waals surface area contributed by atoms with Crippen molar-refractivity contribution in [2.24, 2.45) is 4.99 Å². The lowest BCUT2D eigenvalue weighted by Gasteiger charge is -2.17. The number of para-hydroxylation sites is 2. The van der Waals surface area contributed by atoms with Gasteiger partial charge >= 0.3 is 0 Å². The highest BCUT2D eigenvalue weighted by Crippen LogP contribution is 2.28. The highest BCUT2D eigenvalue weighted by molar-refractivity contribution is 5.87. The minimum atomic E-state index is 0.675. The third-order valence-electron chi connectivity index (χ3n) is 1.70.